The van der Waals surface area contributed by atoms with E-state index < -0.39 is 35.2 Å². The number of hydrogen-bond donors (Lipinski definition) is 1. The summed E-state index contributed by atoms with van der Waals surface area (Å²) in [6.45, 7) is 6.68. The zero-order valence-electron chi connectivity index (χ0n) is 13.7. The molecule has 0 amide bonds. The Morgan fingerprint density at radius 3 is 1.81 bits per heavy atom. The molecule has 0 saturated carbocycles. The number of allylic oxidation sites excluding steroid dienone is 2. The summed E-state index contributed by atoms with van der Waals surface area (Å²) < 4.78 is 108. The molecule has 0 spiro atoms. The average molecular weight is 432 g/mol. The maximum atomic E-state index is 11.5. The highest BCUT2D eigenvalue weighted by Crippen LogP contribution is 2.27. The van der Waals surface area contributed by atoms with Crippen molar-refractivity contribution < 1.29 is 43.2 Å². The Kier molecular flexibility index (Phi) is 8.63. The van der Waals surface area contributed by atoms with Gasteiger partial charge in [-0.3, -0.25) is 0 Å². The molecule has 0 atom stereocenters. The highest BCUT2D eigenvalue weighted by Gasteiger charge is 2.55. The summed E-state index contributed by atoms with van der Waals surface area (Å²) >= 11 is 0. The lowest BCUT2D eigenvalue weighted by Gasteiger charge is -2.21. The van der Waals surface area contributed by atoms with Crippen LogP contribution < -0.4 is 4.13 Å². The van der Waals surface area contributed by atoms with Gasteiger partial charge in [-0.05, 0) is 25.6 Å². The molecule has 0 aromatic rings. The number of nitrogens with one attached hydrogen (secondary N) is 1. The Morgan fingerprint density at radius 1 is 1.04 bits per heavy atom. The van der Waals surface area contributed by atoms with Crippen LogP contribution in [0.4, 0.5) is 26.3 Å². The van der Waals surface area contributed by atoms with Crippen molar-refractivity contribution in [1.29, 1.82) is 0 Å². The van der Waals surface area contributed by atoms with Crippen molar-refractivity contribution in [2.45, 2.75) is 37.7 Å². The van der Waals surface area contributed by atoms with Crippen LogP contribution in [0.2, 0.25) is 0 Å². The van der Waals surface area contributed by atoms with Gasteiger partial charge in [0.2, 0.25) is 0 Å². The number of halogens is 6. The molecule has 1 heterocycles. The molecule has 1 rings (SSSR count). The van der Waals surface area contributed by atoms with E-state index in [9.17, 15) is 43.2 Å². The first kappa shape index (κ1) is 24.7. The van der Waals surface area contributed by atoms with Gasteiger partial charge in [0.15, 0.2) is 0 Å². The molecule has 1 N–H and O–H groups in total. The minimum absolute atomic E-state index is 0.493. The van der Waals surface area contributed by atoms with Gasteiger partial charge < -0.3 is 4.90 Å². The van der Waals surface area contributed by atoms with E-state index in [0.29, 0.717) is 0 Å². The van der Waals surface area contributed by atoms with Crippen LogP contribution in [-0.4, -0.2) is 45.8 Å². The van der Waals surface area contributed by atoms with Crippen molar-refractivity contribution in [3.05, 3.63) is 23.9 Å². The van der Waals surface area contributed by atoms with Crippen LogP contribution >= 0.6 is 0 Å². The predicted octanol–water partition coefficient (Wildman–Crippen LogP) is 2.84. The molecule has 0 radical (unpaired) electrons. The first-order chi connectivity index (χ1) is 11.5. The Bertz CT molecular complexity index is 682. The molecule has 0 saturated heterocycles. The second-order valence-corrected chi connectivity index (χ2v) is 8.70. The SMILES string of the molecule is CCCCN1C=CC(C)=CC1.O=S(=O)(NS(=O)(=O)C(F)(F)F)C(F)(F)F. The minimum Gasteiger partial charge on any atom is -0.374 e. The summed E-state index contributed by atoms with van der Waals surface area (Å²) in [6.07, 6.45) is 9.24. The van der Waals surface area contributed by atoms with Gasteiger partial charge in [0.1, 0.15) is 0 Å². The molecular formula is C12H18F6N2O4S2. The van der Waals surface area contributed by atoms with E-state index in [1.807, 2.05) is 0 Å². The number of sulfonamides is 2. The van der Waals surface area contributed by atoms with Gasteiger partial charge in [0.25, 0.3) is 0 Å². The summed E-state index contributed by atoms with van der Waals surface area (Å²) in [5.74, 6) is 0. The third-order valence-corrected chi connectivity index (χ3v) is 5.80. The molecule has 6 nitrogen and oxygen atoms in total. The molecule has 0 fully saturated rings. The van der Waals surface area contributed by atoms with Gasteiger partial charge in [0.05, 0.1) is 0 Å². The molecule has 154 valence electrons. The van der Waals surface area contributed by atoms with Gasteiger partial charge in [-0.2, -0.15) is 26.3 Å². The average Bonchev–Trinajstić information content (AvgIpc) is 2.44. The second-order valence-electron chi connectivity index (χ2n) is 5.09. The summed E-state index contributed by atoms with van der Waals surface area (Å²) in [7, 11) is -13.2. The molecule has 0 aromatic heterocycles. The van der Waals surface area contributed by atoms with E-state index in [2.05, 4.69) is 37.1 Å². The minimum atomic E-state index is -6.60. The van der Waals surface area contributed by atoms with Crippen LogP contribution in [0.3, 0.4) is 0 Å². The Morgan fingerprint density at radius 2 is 1.50 bits per heavy atom. The second kappa shape index (κ2) is 9.08. The van der Waals surface area contributed by atoms with Crippen LogP contribution in [-0.2, 0) is 20.0 Å². The monoisotopic (exact) mass is 432 g/mol. The van der Waals surface area contributed by atoms with Gasteiger partial charge in [0, 0.05) is 13.1 Å². The van der Waals surface area contributed by atoms with Crippen molar-refractivity contribution in [2.75, 3.05) is 13.1 Å². The maximum Gasteiger partial charge on any atom is 0.512 e. The lowest BCUT2D eigenvalue weighted by molar-refractivity contribution is -0.0476. The zero-order chi connectivity index (χ0) is 20.8. The van der Waals surface area contributed by atoms with E-state index in [1.165, 1.54) is 25.0 Å². The smallest absolute Gasteiger partial charge is 0.374 e. The van der Waals surface area contributed by atoms with E-state index in [0.717, 1.165) is 6.54 Å². The van der Waals surface area contributed by atoms with Crippen molar-refractivity contribution in [3.8, 4) is 0 Å². The van der Waals surface area contributed by atoms with Crippen LogP contribution in [0.15, 0.2) is 23.9 Å². The highest BCUT2D eigenvalue weighted by molar-refractivity contribution is 8.05. The largest absolute Gasteiger partial charge is 0.512 e. The lowest BCUT2D eigenvalue weighted by Crippen LogP contribution is -2.45. The van der Waals surface area contributed by atoms with E-state index in [-0.39, 0.29) is 0 Å². The van der Waals surface area contributed by atoms with Gasteiger partial charge >= 0.3 is 31.1 Å². The lowest BCUT2D eigenvalue weighted by atomic mass is 10.2. The first-order valence-electron chi connectivity index (χ1n) is 7.03. The van der Waals surface area contributed by atoms with Crippen molar-refractivity contribution in [2.24, 2.45) is 0 Å². The van der Waals surface area contributed by atoms with Crippen molar-refractivity contribution in [3.63, 3.8) is 0 Å². The molecule has 26 heavy (non-hydrogen) atoms. The number of hydrogen-bond acceptors (Lipinski definition) is 5. The van der Waals surface area contributed by atoms with E-state index in [1.54, 1.807) is 0 Å². The Hall–Kier alpha value is -1.28. The van der Waals surface area contributed by atoms with Crippen molar-refractivity contribution >= 4 is 20.0 Å². The summed E-state index contributed by atoms with van der Waals surface area (Å²) in [4.78, 5) is 2.36. The quantitative estimate of drug-likeness (QED) is 0.676. The summed E-state index contributed by atoms with van der Waals surface area (Å²) in [5, 5.41) is 0. The number of alkyl halides is 6. The highest BCUT2D eigenvalue weighted by atomic mass is 32.3. The first-order valence-corrected chi connectivity index (χ1v) is 10.0. The molecule has 0 aromatic carbocycles. The van der Waals surface area contributed by atoms with E-state index in [4.69, 9.17) is 0 Å². The number of nitrogens with zero attached hydrogens (tertiary/aromatic N) is 1. The molecular weight excluding hydrogens is 414 g/mol. The molecule has 0 bridgehead atoms. The molecule has 1 aliphatic rings. The van der Waals surface area contributed by atoms with Crippen molar-refractivity contribution in [1.82, 2.24) is 9.03 Å². The molecule has 1 aliphatic heterocycles. The topological polar surface area (TPSA) is 83.6 Å². The molecule has 0 unspecified atom stereocenters. The molecule has 14 heteroatoms. The van der Waals surface area contributed by atoms with Crippen LogP contribution in [0, 0.1) is 0 Å². The Balaban J connectivity index is 0.000000502. The fraction of sp³-hybridized carbons (Fsp3) is 0.667. The zero-order valence-corrected chi connectivity index (χ0v) is 15.4. The third-order valence-electron chi connectivity index (χ3n) is 2.82. The van der Waals surface area contributed by atoms with Gasteiger partial charge in [-0.25, -0.2) is 16.8 Å². The standard InChI is InChI=1S/C10H17N.C2HF6NO4S2/c1-3-4-7-11-8-5-10(2)6-9-11;3-1(4,5)14(10,11)9-15(12,13)2(6,7)8/h5-6,8H,3-4,7,9H2,1-2H3;9H. The van der Waals surface area contributed by atoms with Gasteiger partial charge in [-0.15, -0.1) is 0 Å². The summed E-state index contributed by atoms with van der Waals surface area (Å²) in [5.41, 5.74) is -10.9. The fourth-order valence-electron chi connectivity index (χ4n) is 1.38. The number of unbranched alkanes of at least 4 members (excludes halogenated alkanes) is 1. The van der Waals surface area contributed by atoms with Crippen LogP contribution in [0.1, 0.15) is 26.7 Å². The normalized spacial score (nSPS) is 16.0. The number of rotatable bonds is 5. The maximum absolute atomic E-state index is 11.5. The van der Waals surface area contributed by atoms with E-state index >= 15 is 0 Å². The third kappa shape index (κ3) is 7.95. The summed E-state index contributed by atoms with van der Waals surface area (Å²) in [6, 6.07) is 0. The molecule has 0 aliphatic carbocycles. The van der Waals surface area contributed by atoms with Crippen LogP contribution in [0.5, 0.6) is 0 Å². The van der Waals surface area contributed by atoms with Crippen LogP contribution in [0.25, 0.3) is 0 Å². The van der Waals surface area contributed by atoms with Gasteiger partial charge in [-0.1, -0.05) is 29.1 Å². The predicted molar refractivity (Wildman–Crippen MR) is 82.5 cm³/mol. The Labute approximate surface area is 147 Å². The fourth-order valence-corrected chi connectivity index (χ4v) is 3.29.